The van der Waals surface area contributed by atoms with Gasteiger partial charge < -0.3 is 5.73 Å². The lowest BCUT2D eigenvalue weighted by Crippen LogP contribution is -2.40. The molecule has 22 heavy (non-hydrogen) atoms. The minimum absolute atomic E-state index is 0.206. The van der Waals surface area contributed by atoms with Gasteiger partial charge in [0.15, 0.2) is 0 Å². The summed E-state index contributed by atoms with van der Waals surface area (Å²) >= 11 is 0. The topological polar surface area (TPSA) is 32.5 Å². The quantitative estimate of drug-likeness (QED) is 0.938. The van der Waals surface area contributed by atoms with Crippen molar-refractivity contribution in [3.8, 4) is 0 Å². The van der Waals surface area contributed by atoms with Crippen LogP contribution in [0.5, 0.6) is 0 Å². The molecule has 0 aromatic heterocycles. The zero-order valence-corrected chi connectivity index (χ0v) is 13.4. The number of hydrogen-bond acceptors (Lipinski definition) is 3. The third-order valence-electron chi connectivity index (χ3n) is 4.63. The molecule has 3 nitrogen and oxygen atoms in total. The zero-order valence-electron chi connectivity index (χ0n) is 13.4. The van der Waals surface area contributed by atoms with E-state index in [4.69, 9.17) is 5.73 Å². The fourth-order valence-corrected chi connectivity index (χ4v) is 3.32. The van der Waals surface area contributed by atoms with Gasteiger partial charge >= 0.3 is 0 Å². The molecule has 0 aliphatic carbocycles. The third-order valence-corrected chi connectivity index (χ3v) is 4.63. The van der Waals surface area contributed by atoms with Crippen molar-refractivity contribution in [2.24, 2.45) is 5.73 Å². The molecule has 1 aliphatic rings. The largest absolute Gasteiger partial charge is 0.325 e. The molecule has 0 radical (unpaired) electrons. The van der Waals surface area contributed by atoms with Crippen LogP contribution in [-0.4, -0.2) is 29.1 Å². The molecule has 0 saturated carbocycles. The van der Waals surface area contributed by atoms with Crippen LogP contribution in [0, 0.1) is 0 Å². The fourth-order valence-electron chi connectivity index (χ4n) is 3.32. The van der Waals surface area contributed by atoms with Gasteiger partial charge in [0.1, 0.15) is 0 Å². The van der Waals surface area contributed by atoms with E-state index >= 15 is 0 Å². The Morgan fingerprint density at radius 1 is 0.773 bits per heavy atom. The van der Waals surface area contributed by atoms with E-state index in [1.165, 1.54) is 11.1 Å². The van der Waals surface area contributed by atoms with E-state index in [1.54, 1.807) is 0 Å². The molecule has 0 amide bonds. The molecule has 3 rings (SSSR count). The Labute approximate surface area is 133 Å². The number of nitrogens with zero attached hydrogens (tertiary/aromatic N) is 2. The Bertz CT molecular complexity index is 531. The minimum Gasteiger partial charge on any atom is -0.325 e. The summed E-state index contributed by atoms with van der Waals surface area (Å²) < 4.78 is 0. The Morgan fingerprint density at radius 3 is 1.50 bits per heavy atom. The molecule has 1 aliphatic heterocycles. The van der Waals surface area contributed by atoms with Crippen molar-refractivity contribution in [2.75, 3.05) is 13.1 Å². The van der Waals surface area contributed by atoms with E-state index in [2.05, 4.69) is 84.5 Å². The highest BCUT2D eigenvalue weighted by Crippen LogP contribution is 2.32. The van der Waals surface area contributed by atoms with Gasteiger partial charge in [-0.15, -0.1) is 0 Å². The number of nitrogens with two attached hydrogens (primary N) is 1. The monoisotopic (exact) mass is 295 g/mol. The van der Waals surface area contributed by atoms with Crippen molar-refractivity contribution >= 4 is 0 Å². The highest BCUT2D eigenvalue weighted by molar-refractivity contribution is 5.21. The molecule has 2 N–H and O–H groups in total. The van der Waals surface area contributed by atoms with Crippen LogP contribution < -0.4 is 5.73 Å². The molecule has 1 fully saturated rings. The maximum Gasteiger partial charge on any atom is 0.0468 e. The summed E-state index contributed by atoms with van der Waals surface area (Å²) in [6.45, 7) is 6.34. The number of rotatable bonds is 4. The summed E-state index contributed by atoms with van der Waals surface area (Å²) in [5.74, 6) is 0. The first-order valence-corrected chi connectivity index (χ1v) is 8.05. The van der Waals surface area contributed by atoms with Gasteiger partial charge in [0.2, 0.25) is 0 Å². The molecule has 2 unspecified atom stereocenters. The first-order valence-electron chi connectivity index (χ1n) is 8.05. The lowest BCUT2D eigenvalue weighted by atomic mass is 10.1. The molecule has 3 heteroatoms. The van der Waals surface area contributed by atoms with Crippen LogP contribution in [0.15, 0.2) is 60.7 Å². The normalized spacial score (nSPS) is 22.6. The van der Waals surface area contributed by atoms with Gasteiger partial charge in [-0.3, -0.25) is 0 Å². The number of hydrazine groups is 1. The van der Waals surface area contributed by atoms with Gasteiger partial charge in [0, 0.05) is 31.2 Å². The average molecular weight is 295 g/mol. The van der Waals surface area contributed by atoms with Crippen LogP contribution in [0.2, 0.25) is 0 Å². The van der Waals surface area contributed by atoms with E-state index in [1.807, 2.05) is 0 Å². The maximum absolute atomic E-state index is 6.26. The summed E-state index contributed by atoms with van der Waals surface area (Å²) in [6.07, 6.45) is 0. The van der Waals surface area contributed by atoms with Crippen LogP contribution in [0.4, 0.5) is 0 Å². The molecule has 2 aromatic rings. The molecule has 2 atom stereocenters. The predicted octanol–water partition coefficient (Wildman–Crippen LogP) is 3.37. The zero-order chi connectivity index (χ0) is 15.5. The Kier molecular flexibility index (Phi) is 4.57. The summed E-state index contributed by atoms with van der Waals surface area (Å²) in [6, 6.07) is 22.2. The van der Waals surface area contributed by atoms with E-state index < -0.39 is 0 Å². The van der Waals surface area contributed by atoms with Crippen molar-refractivity contribution in [2.45, 2.75) is 32.0 Å². The number of hydrogen-bond donors (Lipinski definition) is 1. The Morgan fingerprint density at radius 2 is 1.14 bits per heavy atom. The van der Waals surface area contributed by atoms with Crippen molar-refractivity contribution in [1.29, 1.82) is 0 Å². The molecule has 0 spiro atoms. The average Bonchev–Trinajstić information content (AvgIpc) is 2.97. The second kappa shape index (κ2) is 6.61. The van der Waals surface area contributed by atoms with Crippen molar-refractivity contribution in [3.05, 3.63) is 71.8 Å². The molecule has 2 aromatic carbocycles. The van der Waals surface area contributed by atoms with E-state index in [-0.39, 0.29) is 6.04 Å². The van der Waals surface area contributed by atoms with Gasteiger partial charge in [-0.05, 0) is 25.0 Å². The summed E-state index contributed by atoms with van der Waals surface area (Å²) in [4.78, 5) is 0. The summed E-state index contributed by atoms with van der Waals surface area (Å²) in [5.41, 5.74) is 8.93. The van der Waals surface area contributed by atoms with Crippen molar-refractivity contribution in [1.82, 2.24) is 10.0 Å². The lowest BCUT2D eigenvalue weighted by Gasteiger charge is -2.37. The smallest absolute Gasteiger partial charge is 0.0468 e. The third kappa shape index (κ3) is 3.07. The Balaban J connectivity index is 1.83. The van der Waals surface area contributed by atoms with Gasteiger partial charge in [-0.2, -0.15) is 0 Å². The van der Waals surface area contributed by atoms with Gasteiger partial charge in [-0.25, -0.2) is 10.0 Å². The van der Waals surface area contributed by atoms with Crippen molar-refractivity contribution in [3.63, 3.8) is 0 Å². The first kappa shape index (κ1) is 15.2. The Hall–Kier alpha value is -1.68. The highest BCUT2D eigenvalue weighted by atomic mass is 15.7. The highest BCUT2D eigenvalue weighted by Gasteiger charge is 2.35. The van der Waals surface area contributed by atoms with Gasteiger partial charge in [0.05, 0.1) is 0 Å². The first-order chi connectivity index (χ1) is 10.7. The van der Waals surface area contributed by atoms with Crippen LogP contribution in [0.3, 0.4) is 0 Å². The molecular weight excluding hydrogens is 270 g/mol. The molecular formula is C19H25N3. The van der Waals surface area contributed by atoms with Crippen LogP contribution in [0.25, 0.3) is 0 Å². The van der Waals surface area contributed by atoms with Crippen molar-refractivity contribution < 1.29 is 0 Å². The van der Waals surface area contributed by atoms with E-state index in [0.29, 0.717) is 12.1 Å². The minimum atomic E-state index is 0.206. The van der Waals surface area contributed by atoms with Gasteiger partial charge in [0.25, 0.3) is 0 Å². The lowest BCUT2D eigenvalue weighted by molar-refractivity contribution is -0.0408. The molecule has 1 heterocycles. The standard InChI is InChI=1S/C19H25N3/c1-15(17-9-5-3-6-10-17)21-13-19(20)14-22(21)16(2)18-11-7-4-8-12-18/h3-12,15-16,19H,13-14,20H2,1-2H3. The van der Waals surface area contributed by atoms with Crippen LogP contribution in [-0.2, 0) is 0 Å². The maximum atomic E-state index is 6.26. The van der Waals surface area contributed by atoms with E-state index in [9.17, 15) is 0 Å². The molecule has 1 saturated heterocycles. The molecule has 0 bridgehead atoms. The van der Waals surface area contributed by atoms with Crippen LogP contribution in [0.1, 0.15) is 37.1 Å². The van der Waals surface area contributed by atoms with E-state index in [0.717, 1.165) is 13.1 Å². The molecule has 116 valence electrons. The second-order valence-electron chi connectivity index (χ2n) is 6.18. The van der Waals surface area contributed by atoms with Crippen LogP contribution >= 0.6 is 0 Å². The van der Waals surface area contributed by atoms with Gasteiger partial charge in [-0.1, -0.05) is 60.7 Å². The second-order valence-corrected chi connectivity index (χ2v) is 6.18. The summed E-state index contributed by atoms with van der Waals surface area (Å²) in [7, 11) is 0. The summed E-state index contributed by atoms with van der Waals surface area (Å²) in [5, 5.41) is 4.86. The fraction of sp³-hybridized carbons (Fsp3) is 0.368. The number of benzene rings is 2. The SMILES string of the molecule is CC(c1ccccc1)N1CC(N)CN1C(C)c1ccccc1. The predicted molar refractivity (Wildman–Crippen MR) is 91.1 cm³/mol.